The third-order valence-electron chi connectivity index (χ3n) is 18.1. The Balaban J connectivity index is 0.00000657. The summed E-state index contributed by atoms with van der Waals surface area (Å²) < 4.78 is 57.3. The van der Waals surface area contributed by atoms with Crippen molar-refractivity contribution in [2.24, 2.45) is 52.0 Å². The molecule has 0 radical (unpaired) electrons. The van der Waals surface area contributed by atoms with E-state index in [1.54, 1.807) is 12.1 Å². The van der Waals surface area contributed by atoms with Gasteiger partial charge < -0.3 is 40.8 Å². The molecule has 1 saturated heterocycles. The van der Waals surface area contributed by atoms with Crippen molar-refractivity contribution in [3.05, 3.63) is 177 Å². The second kappa shape index (κ2) is 22.4. The minimum atomic E-state index is -4.93. The minimum Gasteiger partial charge on any atom is -0.748 e. The third kappa shape index (κ3) is 11.3. The van der Waals surface area contributed by atoms with Crippen LogP contribution in [0.4, 0.5) is 0 Å². The summed E-state index contributed by atoms with van der Waals surface area (Å²) in [7, 11) is -4.93. The molecule has 5 aliphatic heterocycles. The number of benzene rings is 5. The molecule has 0 aromatic heterocycles. The van der Waals surface area contributed by atoms with Crippen LogP contribution in [0.5, 0.6) is 11.5 Å². The van der Waals surface area contributed by atoms with Crippen molar-refractivity contribution in [2.75, 3.05) is 6.61 Å². The first kappa shape index (κ1) is 54.4. The second-order valence-electron chi connectivity index (χ2n) is 23.0. The minimum absolute atomic E-state index is 0. The molecule has 0 unspecified atom stereocenters. The van der Waals surface area contributed by atoms with Crippen molar-refractivity contribution >= 4 is 16.1 Å². The van der Waals surface area contributed by atoms with Crippen molar-refractivity contribution in [3.8, 4) is 23.3 Å². The van der Waals surface area contributed by atoms with E-state index in [0.29, 0.717) is 61.8 Å². The fourth-order valence-electron chi connectivity index (χ4n) is 14.5. The quantitative estimate of drug-likeness (QED) is 0.0247. The molecule has 5 heterocycles. The van der Waals surface area contributed by atoms with Crippen LogP contribution in [0, 0.1) is 47.3 Å². The molecule has 1 saturated carbocycles. The number of guanidine groups is 1. The second-order valence-corrected chi connectivity index (χ2v) is 24.6. The van der Waals surface area contributed by atoms with Crippen LogP contribution in [0.15, 0.2) is 138 Å². The van der Waals surface area contributed by atoms with Gasteiger partial charge in [0.15, 0.2) is 5.96 Å². The molecule has 76 heavy (non-hydrogen) atoms. The Morgan fingerprint density at radius 3 is 2.36 bits per heavy atom. The van der Waals surface area contributed by atoms with Gasteiger partial charge in [-0.1, -0.05) is 122 Å². The fourth-order valence-corrected chi connectivity index (χ4v) is 15.6. The Morgan fingerprint density at radius 1 is 0.895 bits per heavy atom. The molecule has 5 aromatic carbocycles. The predicted molar refractivity (Wildman–Crippen MR) is 289 cm³/mol. The molecule has 5 aromatic rings. The van der Waals surface area contributed by atoms with Gasteiger partial charge in [-0.25, -0.2) is 13.4 Å². The van der Waals surface area contributed by atoms with Gasteiger partial charge in [0, 0.05) is 36.1 Å². The molecule has 0 spiro atoms. The largest absolute Gasteiger partial charge is 1.00 e. The van der Waals surface area contributed by atoms with Crippen molar-refractivity contribution in [1.82, 2.24) is 0 Å². The van der Waals surface area contributed by atoms with Crippen LogP contribution in [0.1, 0.15) is 134 Å². The predicted octanol–water partition coefficient (Wildman–Crippen LogP) is 6.84. The number of rotatable bonds is 10. The van der Waals surface area contributed by atoms with E-state index >= 15 is 0 Å². The standard InChI is InChI=1S/C63H71N3O8S.Na/c1-39-15-16-46-32-52-22-24-54(46)56(39)35-58(75(70,71)72)57-34-48-30-47(33-53-29-43(38-67)13-8-14-45-31-51(68)21-23-55(45)60(48)73-53)59(57)44-17-19-49(20-18-44)63(74-52,66-61(64)65)37-50(28-41-11-6-3-7-12-41)62(69)26-25-42(36-62)27-40-9-4-2-5-10-40;/h2-7,9-12,17-24,31-32,34,39,42-43,47,50,53,56-60,67-69H,13,15-16,25-30,33,35-38H2,1H3,(H4,64,65,66)(H,70,71,72);/q;+1/p-1/t39-,42-,43-,47+,50+,53+,56-,57+,58+,59-,60+,62+,63+;/m0./s1. The first-order chi connectivity index (χ1) is 36.1. The number of aryl methyl sites for hydroxylation is 1. The number of nitrogens with two attached hydrogens (primary N) is 2. The van der Waals surface area contributed by atoms with Crippen LogP contribution < -0.4 is 45.8 Å². The number of aliphatic imine (C=N–C) groups is 1. The zero-order chi connectivity index (χ0) is 52.1. The number of nitrogens with zero attached hydrogens (tertiary/aromatic N) is 1. The number of phenolic OH excluding ortho intramolecular Hbond substituents is 1. The summed E-state index contributed by atoms with van der Waals surface area (Å²) in [5.41, 5.74) is 18.6. The van der Waals surface area contributed by atoms with Crippen LogP contribution in [0.25, 0.3) is 0 Å². The normalized spacial score (nSPS) is 30.9. The number of aromatic hydroxyl groups is 1. The number of aliphatic hydroxyl groups excluding tert-OH is 1. The number of hydrogen-bond donors (Lipinski definition) is 5. The molecule has 13 heteroatoms. The van der Waals surface area contributed by atoms with Crippen LogP contribution >= 0.6 is 0 Å². The maximum absolute atomic E-state index is 14.3. The van der Waals surface area contributed by atoms with E-state index in [0.717, 1.165) is 59.1 Å². The number of aliphatic hydroxyl groups is 2. The van der Waals surface area contributed by atoms with Crippen LogP contribution in [-0.2, 0) is 39.8 Å². The third-order valence-corrected chi connectivity index (χ3v) is 19.4. The van der Waals surface area contributed by atoms with Crippen molar-refractivity contribution < 1.29 is 67.3 Å². The van der Waals surface area contributed by atoms with E-state index < -0.39 is 44.6 Å². The SMILES string of the molecule is C[C@H]1CCc2cc3ccc2[C@H]1C[C@@H](S(=O)(=O)[O-])[C@H]1C=C2C[C@H](C[C@H]4C[C@@H](CO)CC#Cc5cc(O)ccc5[C@@H]2O4)[C@@H]1c1ccc(cc1)[C@](C[C@@H](Cc1ccccc1)[C@@]1(O)CC[C@@H](Cc2ccccc2)C1)(N=C(N)N)O3.[Na+]. The molecule has 0 amide bonds. The van der Waals surface area contributed by atoms with Gasteiger partial charge in [0.2, 0.25) is 5.72 Å². The topological polar surface area (TPSA) is 201 Å². The summed E-state index contributed by atoms with van der Waals surface area (Å²) in [5, 5.41) is 33.2. The van der Waals surface area contributed by atoms with Crippen molar-refractivity contribution in [3.63, 3.8) is 0 Å². The summed E-state index contributed by atoms with van der Waals surface area (Å²) in [5.74, 6) is 5.21. The van der Waals surface area contributed by atoms with E-state index in [1.165, 1.54) is 5.56 Å². The first-order valence-corrected chi connectivity index (χ1v) is 28.7. The number of fused-ring (bicyclic) bond motifs is 9. The molecular weight excluding hydrogens is 982 g/mol. The monoisotopic (exact) mass is 1050 g/mol. The van der Waals surface area contributed by atoms with Gasteiger partial charge >= 0.3 is 29.6 Å². The van der Waals surface area contributed by atoms with Gasteiger partial charge in [-0.05, 0) is 176 Å². The molecule has 13 rings (SSSR count). The van der Waals surface area contributed by atoms with E-state index in [4.69, 9.17) is 25.9 Å². The zero-order valence-electron chi connectivity index (χ0n) is 43.8. The van der Waals surface area contributed by atoms with Gasteiger partial charge in [0.05, 0.1) is 27.1 Å². The van der Waals surface area contributed by atoms with Crippen molar-refractivity contribution in [2.45, 2.75) is 131 Å². The molecule has 2 fully saturated rings. The van der Waals surface area contributed by atoms with Crippen LogP contribution in [0.3, 0.4) is 0 Å². The first-order valence-electron chi connectivity index (χ1n) is 27.2. The maximum Gasteiger partial charge on any atom is 1.00 e. The van der Waals surface area contributed by atoms with Gasteiger partial charge in [-0.3, -0.25) is 0 Å². The van der Waals surface area contributed by atoms with Crippen LogP contribution in [0.2, 0.25) is 0 Å². The van der Waals surface area contributed by atoms with E-state index in [1.807, 2.05) is 78.9 Å². The molecule has 3 aliphatic carbocycles. The Labute approximate surface area is 470 Å². The van der Waals surface area contributed by atoms with Gasteiger partial charge in [-0.2, -0.15) is 0 Å². The summed E-state index contributed by atoms with van der Waals surface area (Å²) in [4.78, 5) is 5.11. The van der Waals surface area contributed by atoms with Gasteiger partial charge in [0.1, 0.15) is 17.6 Å². The van der Waals surface area contributed by atoms with Gasteiger partial charge in [0.25, 0.3) is 0 Å². The van der Waals surface area contributed by atoms with E-state index in [2.05, 4.69) is 55.2 Å². The number of hydrogen-bond acceptors (Lipinski definition) is 9. The van der Waals surface area contributed by atoms with Gasteiger partial charge in [-0.15, -0.1) is 0 Å². The zero-order valence-corrected chi connectivity index (χ0v) is 46.6. The molecule has 13 atom stereocenters. The molecule has 392 valence electrons. The summed E-state index contributed by atoms with van der Waals surface area (Å²) in [6.45, 7) is 2.08. The smallest absolute Gasteiger partial charge is 0.748 e. The number of phenols is 1. The molecule has 11 nitrogen and oxygen atoms in total. The Kier molecular flexibility index (Phi) is 16.1. The number of ether oxygens (including phenoxy) is 2. The fraction of sp³-hybridized carbons (Fsp3) is 0.444. The Morgan fingerprint density at radius 2 is 1.63 bits per heavy atom. The van der Waals surface area contributed by atoms with Crippen LogP contribution in [-0.4, -0.2) is 57.8 Å². The Bertz CT molecular complexity index is 3120. The van der Waals surface area contributed by atoms with E-state index in [9.17, 15) is 28.3 Å². The van der Waals surface area contributed by atoms with Crippen molar-refractivity contribution in [1.29, 1.82) is 0 Å². The summed E-state index contributed by atoms with van der Waals surface area (Å²) in [6, 6.07) is 39.9. The average Bonchev–Trinajstić information content (AvgIpc) is 3.73. The maximum atomic E-state index is 14.3. The molecule has 7 N–H and O–H groups in total. The molecular formula is C63H70N3NaO8S. The molecule has 8 aliphatic rings. The number of allylic oxidation sites excluding steroid dienone is 1. The summed E-state index contributed by atoms with van der Waals surface area (Å²) in [6.07, 6.45) is 8.56. The van der Waals surface area contributed by atoms with E-state index in [-0.39, 0.29) is 102 Å². The summed E-state index contributed by atoms with van der Waals surface area (Å²) >= 11 is 0. The Hall–Kier alpha value is -4.94. The molecule has 10 bridgehead atoms. The average molecular weight is 1050 g/mol.